The molecule has 1 aliphatic rings. The van der Waals surface area contributed by atoms with Crippen LogP contribution in [0.25, 0.3) is 0 Å². The number of aromatic nitrogens is 1. The molecule has 3 rings (SSSR count). The number of nitrogens with zero attached hydrogens (tertiary/aromatic N) is 2. The molecular weight excluding hydrogens is 274 g/mol. The van der Waals surface area contributed by atoms with E-state index >= 15 is 0 Å². The van der Waals surface area contributed by atoms with E-state index in [2.05, 4.69) is 34.1 Å². The summed E-state index contributed by atoms with van der Waals surface area (Å²) in [5.74, 6) is 0.578. The maximum absolute atomic E-state index is 5.80. The topological polar surface area (TPSA) is 51.4 Å². The van der Waals surface area contributed by atoms with Crippen LogP contribution in [0.5, 0.6) is 0 Å². The van der Waals surface area contributed by atoms with Crippen LogP contribution in [0.15, 0.2) is 48.5 Å². The summed E-state index contributed by atoms with van der Waals surface area (Å²) >= 11 is 0. The van der Waals surface area contributed by atoms with Crippen LogP contribution in [0.2, 0.25) is 0 Å². The van der Waals surface area contributed by atoms with Gasteiger partial charge in [-0.1, -0.05) is 36.4 Å². The van der Waals surface area contributed by atoms with Crippen LogP contribution in [0.1, 0.15) is 24.1 Å². The van der Waals surface area contributed by atoms with Crippen LogP contribution in [0.4, 0.5) is 5.82 Å². The summed E-state index contributed by atoms with van der Waals surface area (Å²) in [5, 5.41) is 0. The van der Waals surface area contributed by atoms with Crippen LogP contribution < -0.4 is 5.73 Å². The highest BCUT2D eigenvalue weighted by atomic mass is 16.5. The van der Waals surface area contributed by atoms with Crippen molar-refractivity contribution in [3.63, 3.8) is 0 Å². The Morgan fingerprint density at radius 2 is 1.95 bits per heavy atom. The second-order valence-corrected chi connectivity index (χ2v) is 5.84. The van der Waals surface area contributed by atoms with E-state index in [9.17, 15) is 0 Å². The van der Waals surface area contributed by atoms with Crippen molar-refractivity contribution in [3.05, 3.63) is 59.8 Å². The van der Waals surface area contributed by atoms with E-state index in [1.54, 1.807) is 0 Å². The van der Waals surface area contributed by atoms with Gasteiger partial charge in [0.25, 0.3) is 0 Å². The lowest BCUT2D eigenvalue weighted by atomic mass is 10.1. The van der Waals surface area contributed by atoms with E-state index in [0.717, 1.165) is 38.4 Å². The van der Waals surface area contributed by atoms with Crippen molar-refractivity contribution in [3.8, 4) is 0 Å². The maximum Gasteiger partial charge on any atom is 0.123 e. The molecule has 0 aliphatic carbocycles. The van der Waals surface area contributed by atoms with Crippen molar-refractivity contribution in [2.75, 3.05) is 18.9 Å². The van der Waals surface area contributed by atoms with E-state index in [4.69, 9.17) is 10.5 Å². The second kappa shape index (κ2) is 7.38. The predicted molar refractivity (Wildman–Crippen MR) is 88.2 cm³/mol. The number of benzene rings is 1. The first-order chi connectivity index (χ1) is 10.8. The molecule has 1 saturated heterocycles. The van der Waals surface area contributed by atoms with Gasteiger partial charge in [-0.3, -0.25) is 4.90 Å². The fourth-order valence-electron chi connectivity index (χ4n) is 2.92. The first-order valence-electron chi connectivity index (χ1n) is 7.89. The van der Waals surface area contributed by atoms with E-state index in [1.165, 1.54) is 12.0 Å². The summed E-state index contributed by atoms with van der Waals surface area (Å²) < 4.78 is 5.80. The summed E-state index contributed by atoms with van der Waals surface area (Å²) in [6.45, 7) is 3.52. The minimum Gasteiger partial charge on any atom is -0.384 e. The summed E-state index contributed by atoms with van der Waals surface area (Å²) in [5.41, 5.74) is 8.11. The molecule has 1 aromatic carbocycles. The van der Waals surface area contributed by atoms with Crippen LogP contribution in [-0.4, -0.2) is 29.1 Å². The smallest absolute Gasteiger partial charge is 0.123 e. The van der Waals surface area contributed by atoms with Gasteiger partial charge in [0, 0.05) is 26.2 Å². The molecule has 0 bridgehead atoms. The predicted octanol–water partition coefficient (Wildman–Crippen LogP) is 2.85. The van der Waals surface area contributed by atoms with Crippen molar-refractivity contribution < 1.29 is 4.74 Å². The minimum atomic E-state index is 0.338. The Labute approximate surface area is 131 Å². The van der Waals surface area contributed by atoms with Gasteiger partial charge in [-0.2, -0.15) is 0 Å². The zero-order valence-electron chi connectivity index (χ0n) is 12.8. The Hall–Kier alpha value is -1.91. The molecule has 4 nitrogen and oxygen atoms in total. The van der Waals surface area contributed by atoms with Crippen molar-refractivity contribution in [2.24, 2.45) is 0 Å². The maximum atomic E-state index is 5.80. The molecule has 1 aromatic heterocycles. The third kappa shape index (κ3) is 4.29. The van der Waals surface area contributed by atoms with Gasteiger partial charge in [0.05, 0.1) is 11.8 Å². The third-order valence-corrected chi connectivity index (χ3v) is 3.95. The standard InChI is InChI=1S/C18H23N3O/c19-18-10-4-8-16(20-18)13-21(14-17-9-5-11-22-17)12-15-6-2-1-3-7-15/h1-4,6-8,10,17H,5,9,11-14H2,(H2,19,20). The van der Waals surface area contributed by atoms with Crippen LogP contribution in [0, 0.1) is 0 Å². The lowest BCUT2D eigenvalue weighted by molar-refractivity contribution is 0.0675. The summed E-state index contributed by atoms with van der Waals surface area (Å²) in [6, 6.07) is 16.4. The molecule has 1 aliphatic heterocycles. The average Bonchev–Trinajstić information content (AvgIpc) is 3.01. The Morgan fingerprint density at radius 3 is 2.68 bits per heavy atom. The summed E-state index contributed by atoms with van der Waals surface area (Å²) in [7, 11) is 0. The van der Waals surface area contributed by atoms with Crippen LogP contribution in [0.3, 0.4) is 0 Å². The highest BCUT2D eigenvalue weighted by Crippen LogP contribution is 2.17. The average molecular weight is 297 g/mol. The Kier molecular flexibility index (Phi) is 5.03. The largest absolute Gasteiger partial charge is 0.384 e. The molecule has 1 unspecified atom stereocenters. The Morgan fingerprint density at radius 1 is 1.09 bits per heavy atom. The highest BCUT2D eigenvalue weighted by molar-refractivity contribution is 5.28. The van der Waals surface area contributed by atoms with Gasteiger partial charge in [0.1, 0.15) is 5.82 Å². The number of anilines is 1. The number of pyridine rings is 1. The second-order valence-electron chi connectivity index (χ2n) is 5.84. The fourth-order valence-corrected chi connectivity index (χ4v) is 2.92. The molecule has 0 radical (unpaired) electrons. The zero-order chi connectivity index (χ0) is 15.2. The summed E-state index contributed by atoms with van der Waals surface area (Å²) in [4.78, 5) is 6.82. The molecule has 1 atom stereocenters. The van der Waals surface area contributed by atoms with Gasteiger partial charge in [-0.25, -0.2) is 4.98 Å². The lowest BCUT2D eigenvalue weighted by Gasteiger charge is -2.25. The van der Waals surface area contributed by atoms with Gasteiger partial charge in [0.15, 0.2) is 0 Å². The van der Waals surface area contributed by atoms with E-state index in [1.807, 2.05) is 24.3 Å². The SMILES string of the molecule is Nc1cccc(CN(Cc2ccccc2)CC2CCCO2)n1. The van der Waals surface area contributed by atoms with Crippen LogP contribution in [-0.2, 0) is 17.8 Å². The van der Waals surface area contributed by atoms with Crippen molar-refractivity contribution in [1.82, 2.24) is 9.88 Å². The molecule has 2 heterocycles. The first kappa shape index (κ1) is 15.0. The minimum absolute atomic E-state index is 0.338. The molecule has 1 fully saturated rings. The number of nitrogen functional groups attached to an aromatic ring is 1. The monoisotopic (exact) mass is 297 g/mol. The van der Waals surface area contributed by atoms with Gasteiger partial charge >= 0.3 is 0 Å². The normalized spacial score (nSPS) is 18.0. The molecular formula is C18H23N3O. The molecule has 116 valence electrons. The van der Waals surface area contributed by atoms with Crippen molar-refractivity contribution in [1.29, 1.82) is 0 Å². The number of hydrogen-bond donors (Lipinski definition) is 1. The van der Waals surface area contributed by atoms with Crippen molar-refractivity contribution in [2.45, 2.75) is 32.0 Å². The first-order valence-corrected chi connectivity index (χ1v) is 7.89. The van der Waals surface area contributed by atoms with Gasteiger partial charge in [0.2, 0.25) is 0 Å². The van der Waals surface area contributed by atoms with Crippen molar-refractivity contribution >= 4 is 5.82 Å². The van der Waals surface area contributed by atoms with Gasteiger partial charge in [-0.05, 0) is 30.5 Å². The van der Waals surface area contributed by atoms with E-state index in [0.29, 0.717) is 11.9 Å². The van der Waals surface area contributed by atoms with Crippen LogP contribution >= 0.6 is 0 Å². The number of rotatable bonds is 6. The fraction of sp³-hybridized carbons (Fsp3) is 0.389. The molecule has 2 aromatic rings. The number of nitrogens with two attached hydrogens (primary N) is 1. The lowest BCUT2D eigenvalue weighted by Crippen LogP contribution is -2.31. The quantitative estimate of drug-likeness (QED) is 0.891. The zero-order valence-corrected chi connectivity index (χ0v) is 12.8. The Bertz CT molecular complexity index is 582. The molecule has 0 saturated carbocycles. The Balaban J connectivity index is 1.70. The third-order valence-electron chi connectivity index (χ3n) is 3.95. The molecule has 2 N–H and O–H groups in total. The summed E-state index contributed by atoms with van der Waals surface area (Å²) in [6.07, 6.45) is 2.65. The van der Waals surface area contributed by atoms with Gasteiger partial charge < -0.3 is 10.5 Å². The number of ether oxygens (including phenoxy) is 1. The number of hydrogen-bond acceptors (Lipinski definition) is 4. The highest BCUT2D eigenvalue weighted by Gasteiger charge is 2.19. The molecule has 0 amide bonds. The molecule has 22 heavy (non-hydrogen) atoms. The van der Waals surface area contributed by atoms with E-state index in [-0.39, 0.29) is 0 Å². The molecule has 0 spiro atoms. The van der Waals surface area contributed by atoms with E-state index < -0.39 is 0 Å². The van der Waals surface area contributed by atoms with Gasteiger partial charge in [-0.15, -0.1) is 0 Å². The molecule has 4 heteroatoms.